The maximum absolute atomic E-state index is 12.3. The van der Waals surface area contributed by atoms with Crippen molar-refractivity contribution in [2.75, 3.05) is 7.05 Å². The van der Waals surface area contributed by atoms with Gasteiger partial charge in [-0.3, -0.25) is 4.79 Å². The molecule has 0 bridgehead atoms. The lowest BCUT2D eigenvalue weighted by Gasteiger charge is -2.18. The average Bonchev–Trinajstić information content (AvgIpc) is 2.72. The second-order valence-electron chi connectivity index (χ2n) is 4.71. The number of nitrogens with zero attached hydrogens (tertiary/aromatic N) is 2. The molecule has 0 aliphatic heterocycles. The van der Waals surface area contributed by atoms with Gasteiger partial charge in [-0.2, -0.15) is 0 Å². The zero-order chi connectivity index (χ0) is 14.0. The molecule has 1 heterocycles. The normalized spacial score (nSPS) is 10.5. The molecule has 0 unspecified atom stereocenters. The van der Waals surface area contributed by atoms with Gasteiger partial charge in [-0.25, -0.2) is 0 Å². The van der Waals surface area contributed by atoms with E-state index in [2.05, 4.69) is 15.9 Å². The summed E-state index contributed by atoms with van der Waals surface area (Å²) in [4.78, 5) is 14.1. The SMILES string of the molecule is Cc1ccc(C(=O)N(C)Cc2ccc(Br)cc2)n1C. The van der Waals surface area contributed by atoms with Crippen LogP contribution in [0.5, 0.6) is 0 Å². The van der Waals surface area contributed by atoms with E-state index in [0.717, 1.165) is 21.4 Å². The number of amides is 1. The van der Waals surface area contributed by atoms with E-state index in [1.165, 1.54) is 0 Å². The van der Waals surface area contributed by atoms with Crippen LogP contribution in [-0.2, 0) is 13.6 Å². The van der Waals surface area contributed by atoms with E-state index >= 15 is 0 Å². The molecule has 2 rings (SSSR count). The van der Waals surface area contributed by atoms with Crippen molar-refractivity contribution in [1.29, 1.82) is 0 Å². The second-order valence-corrected chi connectivity index (χ2v) is 5.62. The van der Waals surface area contributed by atoms with Crippen molar-refractivity contribution in [3.05, 3.63) is 57.8 Å². The van der Waals surface area contributed by atoms with Gasteiger partial charge >= 0.3 is 0 Å². The number of carbonyl (C=O) groups is 1. The van der Waals surface area contributed by atoms with Crippen LogP contribution in [0.2, 0.25) is 0 Å². The molecule has 1 aromatic carbocycles. The Hall–Kier alpha value is -1.55. The van der Waals surface area contributed by atoms with Gasteiger partial charge in [0.25, 0.3) is 5.91 Å². The molecule has 0 aliphatic rings. The molecular weight excluding hydrogens is 304 g/mol. The Balaban J connectivity index is 2.11. The maximum Gasteiger partial charge on any atom is 0.270 e. The van der Waals surface area contributed by atoms with E-state index < -0.39 is 0 Å². The van der Waals surface area contributed by atoms with Gasteiger partial charge in [0.05, 0.1) is 0 Å². The third kappa shape index (κ3) is 3.07. The van der Waals surface area contributed by atoms with Gasteiger partial charge in [-0.1, -0.05) is 28.1 Å². The van der Waals surface area contributed by atoms with Crippen molar-refractivity contribution in [3.8, 4) is 0 Å². The summed E-state index contributed by atoms with van der Waals surface area (Å²) in [5.41, 5.74) is 2.92. The lowest BCUT2D eigenvalue weighted by molar-refractivity contribution is 0.0775. The minimum atomic E-state index is 0.0403. The first-order valence-electron chi connectivity index (χ1n) is 6.11. The topological polar surface area (TPSA) is 25.2 Å². The number of hydrogen-bond acceptors (Lipinski definition) is 1. The number of hydrogen-bond donors (Lipinski definition) is 0. The van der Waals surface area contributed by atoms with Crippen LogP contribution >= 0.6 is 15.9 Å². The molecule has 4 heteroatoms. The predicted molar refractivity (Wildman–Crippen MR) is 80.1 cm³/mol. The first-order chi connectivity index (χ1) is 8.99. The molecule has 1 aromatic heterocycles. The fourth-order valence-corrected chi connectivity index (χ4v) is 2.22. The van der Waals surface area contributed by atoms with Crippen LogP contribution in [-0.4, -0.2) is 22.4 Å². The zero-order valence-corrected chi connectivity index (χ0v) is 12.9. The molecule has 0 atom stereocenters. The summed E-state index contributed by atoms with van der Waals surface area (Å²) in [5.74, 6) is 0.0403. The summed E-state index contributed by atoms with van der Waals surface area (Å²) in [5, 5.41) is 0. The fourth-order valence-electron chi connectivity index (χ4n) is 1.96. The molecule has 0 fully saturated rings. The van der Waals surface area contributed by atoms with E-state index in [4.69, 9.17) is 0 Å². The summed E-state index contributed by atoms with van der Waals surface area (Å²) < 4.78 is 2.96. The van der Waals surface area contributed by atoms with Crippen LogP contribution in [0.1, 0.15) is 21.7 Å². The molecule has 19 heavy (non-hydrogen) atoms. The van der Waals surface area contributed by atoms with E-state index in [1.54, 1.807) is 4.90 Å². The summed E-state index contributed by atoms with van der Waals surface area (Å²) in [7, 11) is 3.74. The zero-order valence-electron chi connectivity index (χ0n) is 11.4. The van der Waals surface area contributed by atoms with Crippen molar-refractivity contribution in [2.24, 2.45) is 7.05 Å². The van der Waals surface area contributed by atoms with Crippen molar-refractivity contribution >= 4 is 21.8 Å². The molecule has 0 N–H and O–H groups in total. The van der Waals surface area contributed by atoms with Crippen LogP contribution in [0.4, 0.5) is 0 Å². The Morgan fingerprint density at radius 3 is 2.37 bits per heavy atom. The van der Waals surface area contributed by atoms with Crippen molar-refractivity contribution in [2.45, 2.75) is 13.5 Å². The number of benzene rings is 1. The van der Waals surface area contributed by atoms with Crippen LogP contribution in [0.15, 0.2) is 40.9 Å². The van der Waals surface area contributed by atoms with Gasteiger partial charge in [0, 0.05) is 30.8 Å². The minimum Gasteiger partial charge on any atom is -0.344 e. The largest absolute Gasteiger partial charge is 0.344 e. The number of aryl methyl sites for hydroxylation is 1. The Morgan fingerprint density at radius 2 is 1.84 bits per heavy atom. The maximum atomic E-state index is 12.3. The van der Waals surface area contributed by atoms with E-state index in [9.17, 15) is 4.79 Å². The molecule has 100 valence electrons. The quantitative estimate of drug-likeness (QED) is 0.851. The van der Waals surface area contributed by atoms with Gasteiger partial charge in [0.15, 0.2) is 0 Å². The monoisotopic (exact) mass is 320 g/mol. The summed E-state index contributed by atoms with van der Waals surface area (Å²) >= 11 is 3.41. The summed E-state index contributed by atoms with van der Waals surface area (Å²) in [6.45, 7) is 2.60. The lowest BCUT2D eigenvalue weighted by atomic mass is 10.2. The molecule has 0 aliphatic carbocycles. The van der Waals surface area contributed by atoms with Crippen LogP contribution in [0.3, 0.4) is 0 Å². The summed E-state index contributed by atoms with van der Waals surface area (Å²) in [6.07, 6.45) is 0. The Labute approximate surface area is 122 Å². The van der Waals surface area contributed by atoms with Crippen LogP contribution < -0.4 is 0 Å². The molecule has 0 saturated carbocycles. The Bertz CT molecular complexity index is 587. The molecule has 0 spiro atoms. The van der Waals surface area contributed by atoms with Gasteiger partial charge in [0.2, 0.25) is 0 Å². The highest BCUT2D eigenvalue weighted by atomic mass is 79.9. The van der Waals surface area contributed by atoms with Crippen LogP contribution in [0, 0.1) is 6.92 Å². The third-order valence-electron chi connectivity index (χ3n) is 3.27. The van der Waals surface area contributed by atoms with Gasteiger partial charge in [0.1, 0.15) is 5.69 Å². The Morgan fingerprint density at radius 1 is 1.21 bits per heavy atom. The number of halogens is 1. The molecule has 3 nitrogen and oxygen atoms in total. The van der Waals surface area contributed by atoms with Crippen molar-refractivity contribution < 1.29 is 4.79 Å². The molecule has 1 amide bonds. The third-order valence-corrected chi connectivity index (χ3v) is 3.80. The van der Waals surface area contributed by atoms with E-state index in [1.807, 2.05) is 62.0 Å². The molecule has 0 saturated heterocycles. The first-order valence-corrected chi connectivity index (χ1v) is 6.90. The number of aromatic nitrogens is 1. The fraction of sp³-hybridized carbons (Fsp3) is 0.267. The van der Waals surface area contributed by atoms with Gasteiger partial charge in [-0.15, -0.1) is 0 Å². The average molecular weight is 321 g/mol. The highest BCUT2D eigenvalue weighted by Gasteiger charge is 2.15. The standard InChI is InChI=1S/C15H17BrN2O/c1-11-4-9-14(18(11)3)15(19)17(2)10-12-5-7-13(16)8-6-12/h4-9H,10H2,1-3H3. The highest BCUT2D eigenvalue weighted by molar-refractivity contribution is 9.10. The first kappa shape index (κ1) is 13.9. The van der Waals surface area contributed by atoms with Crippen molar-refractivity contribution in [3.63, 3.8) is 0 Å². The van der Waals surface area contributed by atoms with E-state index in [-0.39, 0.29) is 5.91 Å². The summed E-state index contributed by atoms with van der Waals surface area (Å²) in [6, 6.07) is 11.8. The Kier molecular flexibility index (Phi) is 4.10. The smallest absolute Gasteiger partial charge is 0.270 e. The highest BCUT2D eigenvalue weighted by Crippen LogP contribution is 2.14. The van der Waals surface area contributed by atoms with Gasteiger partial charge < -0.3 is 9.47 Å². The number of rotatable bonds is 3. The molecular formula is C15H17BrN2O. The number of carbonyl (C=O) groups excluding carboxylic acids is 1. The van der Waals surface area contributed by atoms with Gasteiger partial charge in [-0.05, 0) is 36.8 Å². The predicted octanol–water partition coefficient (Wildman–Crippen LogP) is 3.37. The molecule has 0 radical (unpaired) electrons. The lowest BCUT2D eigenvalue weighted by Crippen LogP contribution is -2.28. The molecule has 2 aromatic rings. The van der Waals surface area contributed by atoms with Crippen molar-refractivity contribution in [1.82, 2.24) is 9.47 Å². The second kappa shape index (κ2) is 5.61. The minimum absolute atomic E-state index is 0.0403. The van der Waals surface area contributed by atoms with Crippen LogP contribution in [0.25, 0.3) is 0 Å². The van der Waals surface area contributed by atoms with E-state index in [0.29, 0.717) is 6.54 Å².